The highest BCUT2D eigenvalue weighted by atomic mass is 32.1. The van der Waals surface area contributed by atoms with Gasteiger partial charge in [-0.05, 0) is 36.6 Å². The van der Waals surface area contributed by atoms with E-state index in [1.54, 1.807) is 12.3 Å². The van der Waals surface area contributed by atoms with Gasteiger partial charge in [0, 0.05) is 12.3 Å². The van der Waals surface area contributed by atoms with Crippen LogP contribution >= 0.6 is 11.3 Å². The third kappa shape index (κ3) is 5.94. The van der Waals surface area contributed by atoms with E-state index in [2.05, 4.69) is 24.0 Å². The molecular weight excluding hydrogens is 308 g/mol. The van der Waals surface area contributed by atoms with E-state index >= 15 is 0 Å². The van der Waals surface area contributed by atoms with Crippen molar-refractivity contribution in [1.82, 2.24) is 0 Å². The van der Waals surface area contributed by atoms with Crippen LogP contribution in [0.15, 0.2) is 41.4 Å². The molecular formula is C18H22N2O2S. The van der Waals surface area contributed by atoms with Crippen LogP contribution in [0.1, 0.15) is 49.5 Å². The summed E-state index contributed by atoms with van der Waals surface area (Å²) in [7, 11) is 0. The van der Waals surface area contributed by atoms with Crippen LogP contribution in [-0.4, -0.2) is 11.1 Å². The Balaban J connectivity index is 1.84. The summed E-state index contributed by atoms with van der Waals surface area (Å²) in [6, 6.07) is 11.5. The molecule has 2 rings (SSSR count). The van der Waals surface area contributed by atoms with Crippen LogP contribution in [0, 0.1) is 10.1 Å². The lowest BCUT2D eigenvalue weighted by Crippen LogP contribution is -1.85. The van der Waals surface area contributed by atoms with Crippen LogP contribution in [0.5, 0.6) is 0 Å². The van der Waals surface area contributed by atoms with Crippen molar-refractivity contribution >= 4 is 28.2 Å². The summed E-state index contributed by atoms with van der Waals surface area (Å²) in [5.41, 5.74) is 2.21. The van der Waals surface area contributed by atoms with E-state index in [-0.39, 0.29) is 9.92 Å². The van der Waals surface area contributed by atoms with Crippen molar-refractivity contribution in [2.24, 2.45) is 4.99 Å². The van der Waals surface area contributed by atoms with Crippen molar-refractivity contribution in [3.8, 4) is 0 Å². The Kier molecular flexibility index (Phi) is 6.94. The molecule has 1 aromatic heterocycles. The molecule has 5 heteroatoms. The van der Waals surface area contributed by atoms with Gasteiger partial charge >= 0.3 is 5.00 Å². The predicted molar refractivity (Wildman–Crippen MR) is 97.1 cm³/mol. The number of hydrogen-bond acceptors (Lipinski definition) is 4. The van der Waals surface area contributed by atoms with E-state index < -0.39 is 0 Å². The summed E-state index contributed by atoms with van der Waals surface area (Å²) in [6.07, 6.45) is 9.26. The summed E-state index contributed by atoms with van der Waals surface area (Å²) in [4.78, 5) is 15.4. The SMILES string of the molecule is CCCCCCCc1ccc(N=Cc2ccc([N+](=O)[O-])s2)cc1. The van der Waals surface area contributed by atoms with Gasteiger partial charge in [-0.1, -0.05) is 56.1 Å². The molecule has 23 heavy (non-hydrogen) atoms. The van der Waals surface area contributed by atoms with Crippen molar-refractivity contribution < 1.29 is 4.92 Å². The van der Waals surface area contributed by atoms with Crippen LogP contribution in [-0.2, 0) is 6.42 Å². The third-order valence-electron chi connectivity index (χ3n) is 3.64. The molecule has 0 N–H and O–H groups in total. The van der Waals surface area contributed by atoms with Gasteiger partial charge in [0.25, 0.3) is 0 Å². The Morgan fingerprint density at radius 1 is 1.09 bits per heavy atom. The van der Waals surface area contributed by atoms with Gasteiger partial charge in [-0.2, -0.15) is 0 Å². The van der Waals surface area contributed by atoms with Crippen molar-refractivity contribution in [2.75, 3.05) is 0 Å². The molecule has 0 fully saturated rings. The van der Waals surface area contributed by atoms with Crippen molar-refractivity contribution in [3.63, 3.8) is 0 Å². The van der Waals surface area contributed by atoms with E-state index in [9.17, 15) is 10.1 Å². The van der Waals surface area contributed by atoms with Crippen LogP contribution in [0.25, 0.3) is 0 Å². The Morgan fingerprint density at radius 3 is 2.48 bits per heavy atom. The van der Waals surface area contributed by atoms with Gasteiger partial charge in [0.1, 0.15) is 0 Å². The summed E-state index contributed by atoms with van der Waals surface area (Å²) in [5, 5.41) is 10.8. The van der Waals surface area contributed by atoms with Gasteiger partial charge in [0.15, 0.2) is 0 Å². The summed E-state index contributed by atoms with van der Waals surface area (Å²) in [5.74, 6) is 0. The second-order valence-electron chi connectivity index (χ2n) is 5.52. The van der Waals surface area contributed by atoms with Crippen LogP contribution in [0.4, 0.5) is 10.7 Å². The first-order chi connectivity index (χ1) is 11.2. The van der Waals surface area contributed by atoms with Gasteiger partial charge in [-0.3, -0.25) is 15.1 Å². The van der Waals surface area contributed by atoms with Crippen molar-refractivity contribution in [2.45, 2.75) is 45.4 Å². The molecule has 0 saturated heterocycles. The molecule has 0 aliphatic carbocycles. The first kappa shape index (κ1) is 17.3. The Bertz CT molecular complexity index is 647. The molecule has 0 aliphatic heterocycles. The van der Waals surface area contributed by atoms with Crippen LogP contribution < -0.4 is 0 Å². The normalized spacial score (nSPS) is 11.2. The minimum Gasteiger partial charge on any atom is -0.258 e. The minimum atomic E-state index is -0.378. The minimum absolute atomic E-state index is 0.143. The number of hydrogen-bond donors (Lipinski definition) is 0. The molecule has 0 radical (unpaired) electrons. The maximum Gasteiger partial charge on any atom is 0.324 e. The van der Waals surface area contributed by atoms with Gasteiger partial charge in [0.2, 0.25) is 0 Å². The van der Waals surface area contributed by atoms with E-state index in [0.29, 0.717) is 0 Å². The molecule has 1 aromatic carbocycles. The Hall–Kier alpha value is -2.01. The number of aryl methyl sites for hydroxylation is 1. The predicted octanol–water partition coefficient (Wildman–Crippen LogP) is 5.92. The lowest BCUT2D eigenvalue weighted by molar-refractivity contribution is -0.380. The number of nitro groups is 1. The highest BCUT2D eigenvalue weighted by molar-refractivity contribution is 7.16. The van der Waals surface area contributed by atoms with E-state index in [4.69, 9.17) is 0 Å². The smallest absolute Gasteiger partial charge is 0.258 e. The molecule has 0 bridgehead atoms. The summed E-state index contributed by atoms with van der Waals surface area (Å²) >= 11 is 1.13. The average Bonchev–Trinajstić information content (AvgIpc) is 3.03. The summed E-state index contributed by atoms with van der Waals surface area (Å²) in [6.45, 7) is 2.23. The van der Waals surface area contributed by atoms with Crippen LogP contribution in [0.3, 0.4) is 0 Å². The number of unbranched alkanes of at least 4 members (excludes halogenated alkanes) is 4. The molecule has 0 amide bonds. The molecule has 0 atom stereocenters. The number of nitrogens with zero attached hydrogens (tertiary/aromatic N) is 2. The van der Waals surface area contributed by atoms with Gasteiger partial charge < -0.3 is 0 Å². The standard InChI is InChI=1S/C18H22N2O2S/c1-2-3-4-5-6-7-15-8-10-16(11-9-15)19-14-17-12-13-18(23-17)20(21)22/h8-14H,2-7H2,1H3. The molecule has 122 valence electrons. The number of aliphatic imine (C=N–C) groups is 1. The van der Waals surface area contributed by atoms with Gasteiger partial charge in [-0.25, -0.2) is 0 Å². The van der Waals surface area contributed by atoms with Gasteiger partial charge in [-0.15, -0.1) is 0 Å². The summed E-state index contributed by atoms with van der Waals surface area (Å²) < 4.78 is 0. The second-order valence-corrected chi connectivity index (χ2v) is 6.62. The zero-order chi connectivity index (χ0) is 16.5. The molecule has 0 unspecified atom stereocenters. The molecule has 2 aromatic rings. The molecule has 0 saturated carbocycles. The van der Waals surface area contributed by atoms with E-state index in [1.807, 2.05) is 12.1 Å². The highest BCUT2D eigenvalue weighted by Crippen LogP contribution is 2.23. The highest BCUT2D eigenvalue weighted by Gasteiger charge is 2.07. The number of thiophene rings is 1. The monoisotopic (exact) mass is 330 g/mol. The Morgan fingerprint density at radius 2 is 1.83 bits per heavy atom. The third-order valence-corrected chi connectivity index (χ3v) is 4.61. The zero-order valence-electron chi connectivity index (χ0n) is 13.4. The van der Waals surface area contributed by atoms with E-state index in [0.717, 1.165) is 28.3 Å². The largest absolute Gasteiger partial charge is 0.324 e. The van der Waals surface area contributed by atoms with Crippen molar-refractivity contribution in [3.05, 3.63) is 57.0 Å². The maximum atomic E-state index is 10.6. The number of rotatable bonds is 9. The molecule has 4 nitrogen and oxygen atoms in total. The first-order valence-electron chi connectivity index (χ1n) is 8.06. The van der Waals surface area contributed by atoms with Crippen LogP contribution in [0.2, 0.25) is 0 Å². The first-order valence-corrected chi connectivity index (χ1v) is 8.88. The zero-order valence-corrected chi connectivity index (χ0v) is 14.2. The molecule has 0 aliphatic rings. The lowest BCUT2D eigenvalue weighted by Gasteiger charge is -2.02. The average molecular weight is 330 g/mol. The maximum absolute atomic E-state index is 10.6. The Labute approximate surface area is 141 Å². The number of benzene rings is 1. The quantitative estimate of drug-likeness (QED) is 0.248. The fraction of sp³-hybridized carbons (Fsp3) is 0.389. The lowest BCUT2D eigenvalue weighted by atomic mass is 10.1. The fourth-order valence-corrected chi connectivity index (χ4v) is 3.02. The fourth-order valence-electron chi connectivity index (χ4n) is 2.33. The topological polar surface area (TPSA) is 55.5 Å². The van der Waals surface area contributed by atoms with Crippen molar-refractivity contribution in [1.29, 1.82) is 0 Å². The molecule has 0 spiro atoms. The molecule has 1 heterocycles. The van der Waals surface area contributed by atoms with Gasteiger partial charge in [0.05, 0.1) is 15.5 Å². The van der Waals surface area contributed by atoms with E-state index in [1.165, 1.54) is 43.7 Å². The second kappa shape index (κ2) is 9.20.